The van der Waals surface area contributed by atoms with Crippen LogP contribution in [0, 0.1) is 3.57 Å². The van der Waals surface area contributed by atoms with Gasteiger partial charge >= 0.3 is 5.97 Å². The molecule has 1 atom stereocenters. The molecule has 0 spiro atoms. The molecule has 0 aliphatic carbocycles. The van der Waals surface area contributed by atoms with Crippen molar-refractivity contribution in [2.75, 3.05) is 6.61 Å². The lowest BCUT2D eigenvalue weighted by molar-refractivity contribution is -0.142. The van der Waals surface area contributed by atoms with Gasteiger partial charge in [0.2, 0.25) is 0 Å². The molecule has 0 N–H and O–H groups in total. The number of rotatable bonds is 3. The van der Waals surface area contributed by atoms with Crippen molar-refractivity contribution in [1.29, 1.82) is 0 Å². The normalized spacial score (nSPS) is 20.1. The zero-order chi connectivity index (χ0) is 10.7. The molecule has 80 valence electrons. The van der Waals surface area contributed by atoms with Gasteiger partial charge in [-0.05, 0) is 53.3 Å². The van der Waals surface area contributed by atoms with Crippen molar-refractivity contribution in [2.45, 2.75) is 18.9 Å². The lowest BCUT2D eigenvalue weighted by Gasteiger charge is -2.10. The first-order valence-electron chi connectivity index (χ1n) is 4.82. The van der Waals surface area contributed by atoms with Crippen LogP contribution < -0.4 is 4.74 Å². The molecule has 0 bridgehead atoms. The zero-order valence-corrected chi connectivity index (χ0v) is 10.3. The molecular weight excluding hydrogens is 307 g/mol. The fourth-order valence-electron chi connectivity index (χ4n) is 1.42. The van der Waals surface area contributed by atoms with E-state index in [-0.39, 0.29) is 12.1 Å². The van der Waals surface area contributed by atoms with Gasteiger partial charge in [0.1, 0.15) is 18.5 Å². The summed E-state index contributed by atoms with van der Waals surface area (Å²) in [7, 11) is 0. The maximum Gasteiger partial charge on any atom is 0.306 e. The predicted octanol–water partition coefficient (Wildman–Crippen LogP) is 2.38. The van der Waals surface area contributed by atoms with Gasteiger partial charge in [0.05, 0.1) is 0 Å². The largest absolute Gasteiger partial charge is 0.490 e. The summed E-state index contributed by atoms with van der Waals surface area (Å²) in [4.78, 5) is 10.8. The fourth-order valence-corrected chi connectivity index (χ4v) is 1.78. The molecule has 4 heteroatoms. The summed E-state index contributed by atoms with van der Waals surface area (Å²) < 4.78 is 11.7. The van der Waals surface area contributed by atoms with E-state index in [4.69, 9.17) is 9.47 Å². The van der Waals surface area contributed by atoms with Gasteiger partial charge in [0.15, 0.2) is 0 Å². The van der Waals surface area contributed by atoms with Crippen LogP contribution in [0.15, 0.2) is 24.3 Å². The third kappa shape index (κ3) is 3.09. The van der Waals surface area contributed by atoms with Gasteiger partial charge in [0, 0.05) is 9.99 Å². The van der Waals surface area contributed by atoms with Crippen LogP contribution >= 0.6 is 22.6 Å². The second-order valence-electron chi connectivity index (χ2n) is 3.42. The van der Waals surface area contributed by atoms with Gasteiger partial charge in [-0.25, -0.2) is 0 Å². The molecule has 2 rings (SSSR count). The highest BCUT2D eigenvalue weighted by Gasteiger charge is 2.23. The highest BCUT2D eigenvalue weighted by atomic mass is 127. The minimum atomic E-state index is -0.119. The van der Waals surface area contributed by atoms with Crippen LogP contribution in [0.25, 0.3) is 0 Å². The van der Waals surface area contributed by atoms with Gasteiger partial charge in [-0.15, -0.1) is 0 Å². The van der Waals surface area contributed by atoms with Gasteiger partial charge < -0.3 is 9.47 Å². The van der Waals surface area contributed by atoms with Crippen LogP contribution in [-0.2, 0) is 9.53 Å². The molecule has 1 aliphatic rings. The number of carbonyl (C=O) groups is 1. The Balaban J connectivity index is 1.83. The molecule has 3 nitrogen and oxygen atoms in total. The third-order valence-electron chi connectivity index (χ3n) is 2.22. The van der Waals surface area contributed by atoms with E-state index in [1.54, 1.807) is 0 Å². The number of hydrogen-bond donors (Lipinski definition) is 0. The van der Waals surface area contributed by atoms with Crippen LogP contribution in [0.3, 0.4) is 0 Å². The quantitative estimate of drug-likeness (QED) is 0.634. The minimum absolute atomic E-state index is 0.0724. The Labute approximate surface area is 102 Å². The molecule has 1 saturated heterocycles. The van der Waals surface area contributed by atoms with E-state index < -0.39 is 0 Å². The minimum Gasteiger partial charge on any atom is -0.490 e. The van der Waals surface area contributed by atoms with Crippen molar-refractivity contribution >= 4 is 28.6 Å². The first-order chi connectivity index (χ1) is 7.24. The average Bonchev–Trinajstić information content (AvgIpc) is 2.64. The Bertz CT molecular complexity index is 347. The summed E-state index contributed by atoms with van der Waals surface area (Å²) in [6.45, 7) is 0.451. The second-order valence-corrected chi connectivity index (χ2v) is 4.66. The van der Waals surface area contributed by atoms with Crippen LogP contribution in [0.2, 0.25) is 0 Å². The molecule has 0 amide bonds. The lowest BCUT2D eigenvalue weighted by atomic mass is 10.2. The zero-order valence-electron chi connectivity index (χ0n) is 8.11. The Morgan fingerprint density at radius 2 is 2.13 bits per heavy atom. The highest BCUT2D eigenvalue weighted by molar-refractivity contribution is 14.1. The van der Waals surface area contributed by atoms with E-state index in [0.717, 1.165) is 12.2 Å². The van der Waals surface area contributed by atoms with E-state index in [9.17, 15) is 4.79 Å². The maximum atomic E-state index is 10.8. The first kappa shape index (κ1) is 10.7. The predicted molar refractivity (Wildman–Crippen MR) is 63.8 cm³/mol. The van der Waals surface area contributed by atoms with Crippen LogP contribution in [0.1, 0.15) is 12.8 Å². The molecule has 1 unspecified atom stereocenters. The van der Waals surface area contributed by atoms with Gasteiger partial charge in [-0.1, -0.05) is 0 Å². The summed E-state index contributed by atoms with van der Waals surface area (Å²) in [6.07, 6.45) is 1.21. The SMILES string of the molecule is O=C1CCC(COc2ccc(I)cc2)O1. The standard InChI is InChI=1S/C11H11IO3/c12-8-1-3-9(4-2-8)14-7-10-5-6-11(13)15-10/h1-4,10H,5-7H2. The number of benzene rings is 1. The summed E-state index contributed by atoms with van der Waals surface area (Å²) in [6, 6.07) is 7.80. The number of hydrogen-bond acceptors (Lipinski definition) is 3. The maximum absolute atomic E-state index is 10.8. The number of halogens is 1. The third-order valence-corrected chi connectivity index (χ3v) is 2.94. The van der Waals surface area contributed by atoms with Crippen molar-refractivity contribution < 1.29 is 14.3 Å². The van der Waals surface area contributed by atoms with Crippen molar-refractivity contribution in [3.05, 3.63) is 27.8 Å². The van der Waals surface area contributed by atoms with Crippen LogP contribution in [0.5, 0.6) is 5.75 Å². The molecule has 1 aromatic carbocycles. The van der Waals surface area contributed by atoms with E-state index in [1.165, 1.54) is 3.57 Å². The van der Waals surface area contributed by atoms with Crippen molar-refractivity contribution in [3.8, 4) is 5.75 Å². The van der Waals surface area contributed by atoms with Gasteiger partial charge in [-0.2, -0.15) is 0 Å². The van der Waals surface area contributed by atoms with Gasteiger partial charge in [-0.3, -0.25) is 4.79 Å². The Hall–Kier alpha value is -0.780. The van der Waals surface area contributed by atoms with Crippen molar-refractivity contribution in [2.24, 2.45) is 0 Å². The summed E-state index contributed by atoms with van der Waals surface area (Å²) >= 11 is 2.24. The Kier molecular flexibility index (Phi) is 3.45. The Morgan fingerprint density at radius 1 is 1.40 bits per heavy atom. The molecule has 1 heterocycles. The number of ether oxygens (including phenoxy) is 2. The topological polar surface area (TPSA) is 35.5 Å². The van der Waals surface area contributed by atoms with E-state index in [2.05, 4.69) is 22.6 Å². The average molecular weight is 318 g/mol. The van der Waals surface area contributed by atoms with E-state index >= 15 is 0 Å². The summed E-state index contributed by atoms with van der Waals surface area (Å²) in [5.74, 6) is 0.699. The molecule has 1 fully saturated rings. The highest BCUT2D eigenvalue weighted by Crippen LogP contribution is 2.17. The molecular formula is C11H11IO3. The van der Waals surface area contributed by atoms with Crippen LogP contribution in [-0.4, -0.2) is 18.7 Å². The molecule has 0 saturated carbocycles. The lowest BCUT2D eigenvalue weighted by Crippen LogP contribution is -2.17. The fraction of sp³-hybridized carbons (Fsp3) is 0.364. The first-order valence-corrected chi connectivity index (χ1v) is 5.90. The Morgan fingerprint density at radius 3 is 2.73 bits per heavy atom. The monoisotopic (exact) mass is 318 g/mol. The van der Waals surface area contributed by atoms with E-state index in [1.807, 2.05) is 24.3 Å². The number of cyclic esters (lactones) is 1. The van der Waals surface area contributed by atoms with E-state index in [0.29, 0.717) is 13.0 Å². The summed E-state index contributed by atoms with van der Waals surface area (Å²) in [5, 5.41) is 0. The second kappa shape index (κ2) is 4.83. The number of esters is 1. The number of carbonyl (C=O) groups excluding carboxylic acids is 1. The molecule has 15 heavy (non-hydrogen) atoms. The smallest absolute Gasteiger partial charge is 0.306 e. The van der Waals surface area contributed by atoms with Crippen LogP contribution in [0.4, 0.5) is 0 Å². The molecule has 1 aliphatic heterocycles. The molecule has 0 aromatic heterocycles. The molecule has 0 radical (unpaired) electrons. The van der Waals surface area contributed by atoms with Crippen molar-refractivity contribution in [3.63, 3.8) is 0 Å². The van der Waals surface area contributed by atoms with Crippen molar-refractivity contribution in [1.82, 2.24) is 0 Å². The van der Waals surface area contributed by atoms with Gasteiger partial charge in [0.25, 0.3) is 0 Å². The molecule has 1 aromatic rings. The summed E-state index contributed by atoms with van der Waals surface area (Å²) in [5.41, 5.74) is 0.